The first-order chi connectivity index (χ1) is 24.2. The van der Waals surface area contributed by atoms with Gasteiger partial charge in [0.05, 0.1) is 17.5 Å². The van der Waals surface area contributed by atoms with Crippen LogP contribution in [-0.2, 0) is 20.6 Å². The summed E-state index contributed by atoms with van der Waals surface area (Å²) in [5.74, 6) is -0.401. The SMILES string of the molecule is CCc1c(F)ccc2cc(OCOC)cc(-c3ncc4c(N5CCCC6(COC(=O)O6)C5)nc(OC[C@@]56CCCN5C[C@H](F)C6)nc4c3F)c12. The number of benzene rings is 2. The summed E-state index contributed by atoms with van der Waals surface area (Å²) in [6.07, 6.45) is 3.51. The Morgan fingerprint density at radius 1 is 1.10 bits per heavy atom. The number of carbonyl (C=O) groups excluding carboxylic acids is 1. The highest BCUT2D eigenvalue weighted by Crippen LogP contribution is 2.43. The number of methoxy groups -OCH3 is 1. The maximum atomic E-state index is 17.1. The van der Waals surface area contributed by atoms with Gasteiger partial charge in [0.15, 0.2) is 18.2 Å². The molecule has 3 atom stereocenters. The second-order valence-corrected chi connectivity index (χ2v) is 13.7. The lowest BCUT2D eigenvalue weighted by Crippen LogP contribution is -2.50. The molecule has 0 aliphatic carbocycles. The van der Waals surface area contributed by atoms with Crippen molar-refractivity contribution in [2.75, 3.05) is 58.2 Å². The maximum absolute atomic E-state index is 17.1. The number of rotatable bonds is 9. The highest BCUT2D eigenvalue weighted by molar-refractivity contribution is 6.01. The quantitative estimate of drug-likeness (QED) is 0.149. The number of ether oxygens (including phenoxy) is 5. The summed E-state index contributed by atoms with van der Waals surface area (Å²) < 4.78 is 74.8. The van der Waals surface area contributed by atoms with Crippen LogP contribution in [0.1, 0.15) is 44.6 Å². The van der Waals surface area contributed by atoms with Gasteiger partial charge in [0.2, 0.25) is 0 Å². The molecule has 0 amide bonds. The minimum atomic E-state index is -0.949. The molecular formula is C36H38F3N5O6. The van der Waals surface area contributed by atoms with E-state index < -0.39 is 35.1 Å². The van der Waals surface area contributed by atoms with E-state index >= 15 is 8.78 Å². The molecule has 0 bridgehead atoms. The topological polar surface area (TPSA) is 108 Å². The first kappa shape index (κ1) is 32.8. The van der Waals surface area contributed by atoms with Gasteiger partial charge < -0.3 is 28.6 Å². The summed E-state index contributed by atoms with van der Waals surface area (Å²) in [6, 6.07) is 6.33. The fraction of sp³-hybridized carbons (Fsp3) is 0.500. The Kier molecular flexibility index (Phi) is 8.33. The smallest absolute Gasteiger partial charge is 0.468 e. The van der Waals surface area contributed by atoms with Crippen LogP contribution in [0.5, 0.6) is 11.8 Å². The number of aryl methyl sites for hydroxylation is 1. The fourth-order valence-electron chi connectivity index (χ4n) is 8.30. The summed E-state index contributed by atoms with van der Waals surface area (Å²) in [7, 11) is 1.49. The summed E-state index contributed by atoms with van der Waals surface area (Å²) in [6.45, 7) is 3.98. The second kappa shape index (κ2) is 12.7. The van der Waals surface area contributed by atoms with Crippen molar-refractivity contribution in [3.8, 4) is 23.0 Å². The van der Waals surface area contributed by atoms with Crippen molar-refractivity contribution in [2.45, 2.75) is 62.8 Å². The molecule has 4 aromatic rings. The van der Waals surface area contributed by atoms with E-state index in [9.17, 15) is 9.18 Å². The van der Waals surface area contributed by atoms with Crippen molar-refractivity contribution in [3.05, 3.63) is 47.7 Å². The van der Waals surface area contributed by atoms with Gasteiger partial charge in [-0.2, -0.15) is 9.97 Å². The zero-order chi connectivity index (χ0) is 34.6. The molecule has 4 saturated heterocycles. The van der Waals surface area contributed by atoms with E-state index in [1.165, 1.54) is 19.4 Å². The average Bonchev–Trinajstić information content (AvgIpc) is 3.77. The molecule has 1 unspecified atom stereocenters. The largest absolute Gasteiger partial charge is 0.509 e. The van der Waals surface area contributed by atoms with Gasteiger partial charge in [-0.1, -0.05) is 13.0 Å². The van der Waals surface area contributed by atoms with Crippen molar-refractivity contribution < 1.29 is 41.7 Å². The predicted molar refractivity (Wildman–Crippen MR) is 177 cm³/mol. The number of cyclic esters (lactones) is 1. The van der Waals surface area contributed by atoms with Crippen LogP contribution in [-0.4, -0.2) is 96.6 Å². The van der Waals surface area contributed by atoms with E-state index in [-0.39, 0.29) is 43.8 Å². The molecule has 4 aliphatic heterocycles. The van der Waals surface area contributed by atoms with Crippen LogP contribution in [0.25, 0.3) is 32.9 Å². The normalized spacial score (nSPS) is 25.0. The van der Waals surface area contributed by atoms with Gasteiger partial charge in [0, 0.05) is 38.4 Å². The zero-order valence-corrected chi connectivity index (χ0v) is 28.0. The molecule has 2 aromatic carbocycles. The average molecular weight is 694 g/mol. The van der Waals surface area contributed by atoms with Gasteiger partial charge in [-0.25, -0.2) is 18.0 Å². The van der Waals surface area contributed by atoms with Gasteiger partial charge in [-0.05, 0) is 73.2 Å². The van der Waals surface area contributed by atoms with E-state index in [2.05, 4.69) is 14.9 Å². The fourth-order valence-corrected chi connectivity index (χ4v) is 8.30. The zero-order valence-electron chi connectivity index (χ0n) is 28.0. The summed E-state index contributed by atoms with van der Waals surface area (Å²) in [5.41, 5.74) is -0.696. The van der Waals surface area contributed by atoms with E-state index in [0.29, 0.717) is 77.6 Å². The lowest BCUT2D eigenvalue weighted by Gasteiger charge is -2.38. The molecule has 0 N–H and O–H groups in total. The summed E-state index contributed by atoms with van der Waals surface area (Å²) in [5, 5.41) is 1.48. The van der Waals surface area contributed by atoms with Gasteiger partial charge in [-0.3, -0.25) is 9.88 Å². The first-order valence-electron chi connectivity index (χ1n) is 17.1. The predicted octanol–water partition coefficient (Wildman–Crippen LogP) is 6.13. The molecule has 14 heteroatoms. The lowest BCUT2D eigenvalue weighted by molar-refractivity contribution is 0.0445. The third-order valence-corrected chi connectivity index (χ3v) is 10.6. The molecule has 2 aromatic heterocycles. The minimum Gasteiger partial charge on any atom is -0.468 e. The molecular weight excluding hydrogens is 655 g/mol. The number of anilines is 1. The van der Waals surface area contributed by atoms with Crippen LogP contribution in [0, 0.1) is 11.6 Å². The summed E-state index contributed by atoms with van der Waals surface area (Å²) >= 11 is 0. The number of halogens is 3. The number of piperidine rings is 1. The number of fused-ring (bicyclic) bond motifs is 3. The number of aromatic nitrogens is 3. The van der Waals surface area contributed by atoms with Gasteiger partial charge in [0.25, 0.3) is 0 Å². The Morgan fingerprint density at radius 3 is 2.76 bits per heavy atom. The maximum Gasteiger partial charge on any atom is 0.509 e. The third kappa shape index (κ3) is 5.62. The number of hydrogen-bond donors (Lipinski definition) is 0. The third-order valence-electron chi connectivity index (χ3n) is 10.6. The molecule has 50 heavy (non-hydrogen) atoms. The van der Waals surface area contributed by atoms with Crippen LogP contribution in [0.3, 0.4) is 0 Å². The van der Waals surface area contributed by atoms with Crippen LogP contribution >= 0.6 is 0 Å². The molecule has 4 fully saturated rings. The molecule has 0 radical (unpaired) electrons. The Hall–Kier alpha value is -4.43. The molecule has 4 aliphatic rings. The van der Waals surface area contributed by atoms with Gasteiger partial charge in [0.1, 0.15) is 48.0 Å². The molecule has 0 saturated carbocycles. The first-order valence-corrected chi connectivity index (χ1v) is 17.1. The van der Waals surface area contributed by atoms with E-state index in [0.717, 1.165) is 19.4 Å². The molecule has 11 nitrogen and oxygen atoms in total. The second-order valence-electron chi connectivity index (χ2n) is 13.7. The highest BCUT2D eigenvalue weighted by atomic mass is 19.1. The molecule has 6 heterocycles. The Bertz CT molecular complexity index is 1980. The van der Waals surface area contributed by atoms with E-state index in [1.54, 1.807) is 18.2 Å². The van der Waals surface area contributed by atoms with Crippen LogP contribution in [0.15, 0.2) is 30.5 Å². The number of alkyl halides is 1. The standard InChI is InChI=1S/C36H38F3N5O6/c1-3-24-27(38)7-6-21-12-23(49-20-46-2)13-25(28(21)24)30-29(39)31-26(15-40-30)32(43-10-5-9-36(17-43)19-48-34(45)50-36)42-33(41-31)47-18-35-8-4-11-44(35)16-22(37)14-35/h6-7,12-13,15,22H,3-5,8-11,14,16-20H2,1-2H3/t22-,35+,36?/m1/s1. The van der Waals surface area contributed by atoms with Crippen LogP contribution < -0.4 is 14.4 Å². The van der Waals surface area contributed by atoms with Gasteiger partial charge in [-0.15, -0.1) is 0 Å². The van der Waals surface area contributed by atoms with Crippen LogP contribution in [0.2, 0.25) is 0 Å². The van der Waals surface area contributed by atoms with Crippen molar-refractivity contribution in [2.24, 2.45) is 0 Å². The molecule has 1 spiro atoms. The number of hydrogen-bond acceptors (Lipinski definition) is 11. The van der Waals surface area contributed by atoms with Crippen molar-refractivity contribution in [3.63, 3.8) is 0 Å². The lowest BCUT2D eigenvalue weighted by atomic mass is 9.93. The van der Waals surface area contributed by atoms with E-state index in [4.69, 9.17) is 28.7 Å². The number of nitrogens with zero attached hydrogens (tertiary/aromatic N) is 5. The van der Waals surface area contributed by atoms with Crippen molar-refractivity contribution in [1.82, 2.24) is 19.9 Å². The van der Waals surface area contributed by atoms with Crippen LogP contribution in [0.4, 0.5) is 23.8 Å². The Labute approximate surface area is 286 Å². The Balaban J connectivity index is 1.27. The number of carbonyl (C=O) groups is 1. The number of pyridine rings is 1. The van der Waals surface area contributed by atoms with Crippen molar-refractivity contribution >= 4 is 33.6 Å². The monoisotopic (exact) mass is 693 g/mol. The molecule has 8 rings (SSSR count). The van der Waals surface area contributed by atoms with E-state index in [1.807, 2.05) is 11.8 Å². The van der Waals surface area contributed by atoms with Crippen molar-refractivity contribution in [1.29, 1.82) is 0 Å². The highest BCUT2D eigenvalue weighted by Gasteiger charge is 2.50. The van der Waals surface area contributed by atoms with Gasteiger partial charge >= 0.3 is 12.2 Å². The Morgan fingerprint density at radius 2 is 1.96 bits per heavy atom. The summed E-state index contributed by atoms with van der Waals surface area (Å²) in [4.78, 5) is 30.0. The minimum absolute atomic E-state index is 0.0442. The molecule has 264 valence electrons.